The molecule has 1 aliphatic heterocycles. The number of nitrogens with two attached hydrogens (primary N) is 1. The van der Waals surface area contributed by atoms with Gasteiger partial charge in [-0.2, -0.15) is 9.97 Å². The van der Waals surface area contributed by atoms with Crippen molar-refractivity contribution < 1.29 is 24.9 Å². The van der Waals surface area contributed by atoms with E-state index in [0.717, 1.165) is 0 Å². The Hall–Kier alpha value is -3.32. The molecule has 1 fully saturated rings. The molecule has 12 heteroatoms. The van der Waals surface area contributed by atoms with Crippen molar-refractivity contribution in [1.82, 2.24) is 24.8 Å². The number of nitrogen functional groups attached to an aromatic ring is 1. The number of aliphatic hydroxyl groups excluding tert-OH is 3. The SMILES string of the molecule is CCNC(=O)c1ccc(Nc2nc(N)c3ncn([C@@H]4O[C@H](CO)[C@@H](O)[C@H]4O)c3n2)cc1. The maximum atomic E-state index is 11.9. The molecular weight excluding hydrogens is 406 g/mol. The van der Waals surface area contributed by atoms with Crippen LogP contribution in [-0.4, -0.2) is 72.2 Å². The lowest BCUT2D eigenvalue weighted by Gasteiger charge is -2.17. The monoisotopic (exact) mass is 429 g/mol. The van der Waals surface area contributed by atoms with Gasteiger partial charge in [0.05, 0.1) is 12.9 Å². The van der Waals surface area contributed by atoms with E-state index in [2.05, 4.69) is 25.6 Å². The molecule has 0 saturated carbocycles. The molecule has 1 aliphatic rings. The smallest absolute Gasteiger partial charge is 0.251 e. The number of hydrogen-bond donors (Lipinski definition) is 6. The quantitative estimate of drug-likeness (QED) is 0.299. The lowest BCUT2D eigenvalue weighted by atomic mass is 10.1. The van der Waals surface area contributed by atoms with Crippen molar-refractivity contribution in [2.45, 2.75) is 31.5 Å². The Labute approximate surface area is 176 Å². The summed E-state index contributed by atoms with van der Waals surface area (Å²) in [7, 11) is 0. The first-order chi connectivity index (χ1) is 14.9. The third-order valence-corrected chi connectivity index (χ3v) is 4.98. The van der Waals surface area contributed by atoms with Crippen LogP contribution in [0.2, 0.25) is 0 Å². The van der Waals surface area contributed by atoms with Gasteiger partial charge in [-0.3, -0.25) is 9.36 Å². The molecule has 1 aromatic carbocycles. The Morgan fingerprint density at radius 3 is 2.61 bits per heavy atom. The minimum atomic E-state index is -1.29. The molecule has 3 heterocycles. The first kappa shape index (κ1) is 20.9. The number of carbonyl (C=O) groups is 1. The van der Waals surface area contributed by atoms with E-state index in [1.54, 1.807) is 24.3 Å². The zero-order chi connectivity index (χ0) is 22.1. The van der Waals surface area contributed by atoms with Crippen molar-refractivity contribution in [3.8, 4) is 0 Å². The number of imidazole rings is 1. The molecular formula is C19H23N7O5. The predicted molar refractivity (Wildman–Crippen MR) is 110 cm³/mol. The van der Waals surface area contributed by atoms with Crippen LogP contribution in [0.3, 0.4) is 0 Å². The molecule has 12 nitrogen and oxygen atoms in total. The van der Waals surface area contributed by atoms with E-state index in [9.17, 15) is 20.1 Å². The highest BCUT2D eigenvalue weighted by atomic mass is 16.6. The summed E-state index contributed by atoms with van der Waals surface area (Å²) in [4.78, 5) is 24.7. The molecule has 1 saturated heterocycles. The topological polar surface area (TPSA) is 181 Å². The van der Waals surface area contributed by atoms with E-state index in [1.807, 2.05) is 6.92 Å². The molecule has 3 aromatic rings. The number of hydrogen-bond acceptors (Lipinski definition) is 10. The zero-order valence-corrected chi connectivity index (χ0v) is 16.6. The van der Waals surface area contributed by atoms with Crippen molar-refractivity contribution in [1.29, 1.82) is 0 Å². The molecule has 0 aliphatic carbocycles. The number of anilines is 3. The van der Waals surface area contributed by atoms with Gasteiger partial charge in [-0.1, -0.05) is 0 Å². The van der Waals surface area contributed by atoms with Gasteiger partial charge in [0.25, 0.3) is 5.91 Å². The molecule has 0 unspecified atom stereocenters. The molecule has 31 heavy (non-hydrogen) atoms. The second kappa shape index (κ2) is 8.43. The zero-order valence-electron chi connectivity index (χ0n) is 16.6. The highest BCUT2D eigenvalue weighted by Crippen LogP contribution is 2.32. The highest BCUT2D eigenvalue weighted by Gasteiger charge is 2.44. The van der Waals surface area contributed by atoms with E-state index < -0.39 is 31.1 Å². The number of rotatable bonds is 6. The molecule has 1 amide bonds. The lowest BCUT2D eigenvalue weighted by molar-refractivity contribution is -0.0511. The van der Waals surface area contributed by atoms with Crippen LogP contribution in [0, 0.1) is 0 Å². The first-order valence-electron chi connectivity index (χ1n) is 9.70. The van der Waals surface area contributed by atoms with Crippen molar-refractivity contribution in [2.75, 3.05) is 24.2 Å². The summed E-state index contributed by atoms with van der Waals surface area (Å²) >= 11 is 0. The number of nitrogens with zero attached hydrogens (tertiary/aromatic N) is 4. The minimum absolute atomic E-state index is 0.108. The van der Waals surface area contributed by atoms with Gasteiger partial charge in [0.1, 0.15) is 23.8 Å². The summed E-state index contributed by atoms with van der Waals surface area (Å²) in [6, 6.07) is 6.74. The summed E-state index contributed by atoms with van der Waals surface area (Å²) in [6.45, 7) is 1.93. The summed E-state index contributed by atoms with van der Waals surface area (Å²) in [5.41, 5.74) is 7.75. The van der Waals surface area contributed by atoms with Gasteiger partial charge in [-0.15, -0.1) is 0 Å². The Balaban J connectivity index is 1.62. The van der Waals surface area contributed by atoms with Crippen LogP contribution in [0.4, 0.5) is 17.5 Å². The van der Waals surface area contributed by atoms with Crippen LogP contribution in [0.5, 0.6) is 0 Å². The van der Waals surface area contributed by atoms with Crippen LogP contribution in [0.15, 0.2) is 30.6 Å². The van der Waals surface area contributed by atoms with E-state index >= 15 is 0 Å². The number of benzene rings is 1. The average molecular weight is 429 g/mol. The van der Waals surface area contributed by atoms with Crippen molar-refractivity contribution in [2.24, 2.45) is 0 Å². The second-order valence-electron chi connectivity index (χ2n) is 7.05. The maximum absolute atomic E-state index is 11.9. The summed E-state index contributed by atoms with van der Waals surface area (Å²) < 4.78 is 6.99. The van der Waals surface area contributed by atoms with Gasteiger partial charge in [-0.25, -0.2) is 4.98 Å². The molecule has 0 spiro atoms. The Bertz CT molecular complexity index is 1090. The molecule has 4 rings (SSSR count). The summed E-state index contributed by atoms with van der Waals surface area (Å²) in [6.07, 6.45) is -3.11. The molecule has 4 atom stereocenters. The number of ether oxygens (including phenoxy) is 1. The third kappa shape index (κ3) is 3.88. The molecule has 0 bridgehead atoms. The Morgan fingerprint density at radius 2 is 1.97 bits per heavy atom. The fourth-order valence-electron chi connectivity index (χ4n) is 3.39. The molecule has 2 aromatic heterocycles. The molecule has 0 radical (unpaired) electrons. The van der Waals surface area contributed by atoms with E-state index in [0.29, 0.717) is 23.3 Å². The fraction of sp³-hybridized carbons (Fsp3) is 0.368. The molecule has 164 valence electrons. The number of carbonyl (C=O) groups excluding carboxylic acids is 1. The number of fused-ring (bicyclic) bond motifs is 1. The maximum Gasteiger partial charge on any atom is 0.251 e. The number of amides is 1. The largest absolute Gasteiger partial charge is 0.394 e. The van der Waals surface area contributed by atoms with Gasteiger partial charge >= 0.3 is 0 Å². The van der Waals surface area contributed by atoms with E-state index in [4.69, 9.17) is 10.5 Å². The van der Waals surface area contributed by atoms with Crippen molar-refractivity contribution in [3.05, 3.63) is 36.2 Å². The number of nitrogens with one attached hydrogen (secondary N) is 2. The highest BCUT2D eigenvalue weighted by molar-refractivity contribution is 5.94. The van der Waals surface area contributed by atoms with Gasteiger partial charge in [-0.05, 0) is 31.2 Å². The normalized spacial score (nSPS) is 23.2. The van der Waals surface area contributed by atoms with Gasteiger partial charge in [0.15, 0.2) is 17.7 Å². The van der Waals surface area contributed by atoms with Crippen LogP contribution in [0.25, 0.3) is 11.2 Å². The Kier molecular flexibility index (Phi) is 5.69. The van der Waals surface area contributed by atoms with E-state index in [-0.39, 0.29) is 23.3 Å². The predicted octanol–water partition coefficient (Wildman–Crippen LogP) is -0.487. The second-order valence-corrected chi connectivity index (χ2v) is 7.05. The standard InChI is InChI=1S/C19H23N7O5/c1-2-21-17(30)9-3-5-10(6-4-9)23-19-24-15(20)12-16(25-19)26(8-22-12)18-14(29)13(28)11(7-27)31-18/h3-6,8,11,13-14,18,27-29H,2,7H2,1H3,(H,21,30)(H3,20,23,24,25)/t11-,13-,14-,18-/m1/s1. The fourth-order valence-corrected chi connectivity index (χ4v) is 3.39. The van der Waals surface area contributed by atoms with Crippen LogP contribution in [-0.2, 0) is 4.74 Å². The number of aromatic nitrogens is 4. The number of aliphatic hydroxyl groups is 3. The summed E-state index contributed by atoms with van der Waals surface area (Å²) in [5, 5.41) is 35.4. The average Bonchev–Trinajstić information content (AvgIpc) is 3.30. The van der Waals surface area contributed by atoms with Crippen LogP contribution < -0.4 is 16.4 Å². The van der Waals surface area contributed by atoms with E-state index in [1.165, 1.54) is 10.9 Å². The van der Waals surface area contributed by atoms with Crippen molar-refractivity contribution in [3.63, 3.8) is 0 Å². The minimum Gasteiger partial charge on any atom is -0.394 e. The van der Waals surface area contributed by atoms with Gasteiger partial charge < -0.3 is 36.4 Å². The summed E-state index contributed by atoms with van der Waals surface area (Å²) in [5.74, 6) is 0.111. The lowest BCUT2D eigenvalue weighted by Crippen LogP contribution is -2.33. The molecule has 7 N–H and O–H groups in total. The van der Waals surface area contributed by atoms with Crippen LogP contribution in [0.1, 0.15) is 23.5 Å². The Morgan fingerprint density at radius 1 is 1.23 bits per heavy atom. The van der Waals surface area contributed by atoms with Gasteiger partial charge in [0.2, 0.25) is 5.95 Å². The first-order valence-corrected chi connectivity index (χ1v) is 9.70. The van der Waals surface area contributed by atoms with Gasteiger partial charge in [0, 0.05) is 17.8 Å². The van der Waals surface area contributed by atoms with Crippen molar-refractivity contribution >= 4 is 34.5 Å². The third-order valence-electron chi connectivity index (χ3n) is 4.98. The van der Waals surface area contributed by atoms with Crippen LogP contribution >= 0.6 is 0 Å².